The Morgan fingerprint density at radius 1 is 1.29 bits per heavy atom. The summed E-state index contributed by atoms with van der Waals surface area (Å²) in [4.78, 5) is 24.9. The average Bonchev–Trinajstić information content (AvgIpc) is 3.17. The summed E-state index contributed by atoms with van der Waals surface area (Å²) in [5.74, 6) is -0.232. The number of nitro benzene ring substituents is 1. The lowest BCUT2D eigenvalue weighted by atomic mass is 10.2. The summed E-state index contributed by atoms with van der Waals surface area (Å²) in [6, 6.07) is 13.9. The molecule has 2 aromatic rings. The summed E-state index contributed by atoms with van der Waals surface area (Å²) in [5, 5.41) is 13.7. The first-order chi connectivity index (χ1) is 13.5. The number of amides is 1. The Labute approximate surface area is 168 Å². The van der Waals surface area contributed by atoms with E-state index in [9.17, 15) is 14.9 Å². The zero-order chi connectivity index (χ0) is 19.9. The molecule has 8 heteroatoms. The van der Waals surface area contributed by atoms with E-state index in [1.54, 1.807) is 0 Å². The molecule has 0 aliphatic carbocycles. The maximum atomic E-state index is 12.6. The van der Waals surface area contributed by atoms with Gasteiger partial charge in [-0.2, -0.15) is 0 Å². The molecule has 0 aromatic heterocycles. The van der Waals surface area contributed by atoms with Gasteiger partial charge >= 0.3 is 0 Å². The molecule has 3 rings (SSSR count). The first-order valence-electron chi connectivity index (χ1n) is 9.13. The number of carbonyl (C=O) groups is 1. The Morgan fingerprint density at radius 2 is 2.07 bits per heavy atom. The minimum atomic E-state index is -0.527. The molecule has 1 N–H and O–H groups in total. The van der Waals surface area contributed by atoms with Gasteiger partial charge in [0.05, 0.1) is 28.3 Å². The van der Waals surface area contributed by atoms with Gasteiger partial charge in [-0.25, -0.2) is 0 Å². The molecule has 0 saturated carbocycles. The SMILES string of the molecule is O=C(CN(Cc1ccccc1)CC1CCCO1)Nc1ccc([N+](=O)[O-])cc1Cl. The number of ether oxygens (including phenoxy) is 1. The van der Waals surface area contributed by atoms with Crippen molar-refractivity contribution in [3.05, 3.63) is 69.2 Å². The van der Waals surface area contributed by atoms with Crippen molar-refractivity contribution in [2.75, 3.05) is 25.0 Å². The van der Waals surface area contributed by atoms with Gasteiger partial charge in [0.15, 0.2) is 0 Å². The molecular weight excluding hydrogens is 382 g/mol. The fourth-order valence-corrected chi connectivity index (χ4v) is 3.44. The molecule has 1 heterocycles. The molecule has 1 fully saturated rings. The van der Waals surface area contributed by atoms with E-state index in [-0.39, 0.29) is 29.3 Å². The summed E-state index contributed by atoms with van der Waals surface area (Å²) in [7, 11) is 0. The van der Waals surface area contributed by atoms with Crippen LogP contribution in [-0.4, -0.2) is 41.5 Å². The number of anilines is 1. The van der Waals surface area contributed by atoms with Crippen LogP contribution in [0.3, 0.4) is 0 Å². The second kappa shape index (κ2) is 9.64. The van der Waals surface area contributed by atoms with Crippen LogP contribution in [0.4, 0.5) is 11.4 Å². The van der Waals surface area contributed by atoms with Crippen molar-refractivity contribution in [2.24, 2.45) is 0 Å². The Morgan fingerprint density at radius 3 is 2.71 bits per heavy atom. The predicted octanol–water partition coefficient (Wildman–Crippen LogP) is 3.87. The van der Waals surface area contributed by atoms with Gasteiger partial charge in [-0.15, -0.1) is 0 Å². The van der Waals surface area contributed by atoms with Gasteiger partial charge in [0.25, 0.3) is 5.69 Å². The molecule has 1 amide bonds. The van der Waals surface area contributed by atoms with Gasteiger partial charge in [-0.3, -0.25) is 19.8 Å². The van der Waals surface area contributed by atoms with Gasteiger partial charge in [-0.1, -0.05) is 41.9 Å². The van der Waals surface area contributed by atoms with Crippen LogP contribution in [0.2, 0.25) is 5.02 Å². The lowest BCUT2D eigenvalue weighted by Crippen LogP contribution is -2.38. The van der Waals surface area contributed by atoms with Crippen LogP contribution in [0, 0.1) is 10.1 Å². The van der Waals surface area contributed by atoms with E-state index in [0.29, 0.717) is 18.8 Å². The largest absolute Gasteiger partial charge is 0.377 e. The Kier molecular flexibility index (Phi) is 6.97. The first-order valence-corrected chi connectivity index (χ1v) is 9.51. The molecule has 0 radical (unpaired) electrons. The van der Waals surface area contributed by atoms with Crippen LogP contribution >= 0.6 is 11.6 Å². The summed E-state index contributed by atoms with van der Waals surface area (Å²) < 4.78 is 5.72. The van der Waals surface area contributed by atoms with Crippen LogP contribution in [0.1, 0.15) is 18.4 Å². The third-order valence-electron chi connectivity index (χ3n) is 4.54. The Bertz CT molecular complexity index is 825. The number of non-ortho nitro benzene ring substituents is 1. The summed E-state index contributed by atoms with van der Waals surface area (Å²) in [6.45, 7) is 2.22. The predicted molar refractivity (Wildman–Crippen MR) is 107 cm³/mol. The number of hydrogen-bond acceptors (Lipinski definition) is 5. The highest BCUT2D eigenvalue weighted by atomic mass is 35.5. The number of nitrogens with zero attached hydrogens (tertiary/aromatic N) is 2. The Hall–Kier alpha value is -2.48. The summed E-state index contributed by atoms with van der Waals surface area (Å²) in [6.07, 6.45) is 2.15. The normalized spacial score (nSPS) is 16.3. The van der Waals surface area contributed by atoms with Crippen LogP contribution in [0.15, 0.2) is 48.5 Å². The number of benzene rings is 2. The van der Waals surface area contributed by atoms with Gasteiger partial charge in [0, 0.05) is 31.8 Å². The highest BCUT2D eigenvalue weighted by Crippen LogP contribution is 2.26. The number of carbonyl (C=O) groups excluding carboxylic acids is 1. The zero-order valence-electron chi connectivity index (χ0n) is 15.3. The fraction of sp³-hybridized carbons (Fsp3) is 0.350. The molecule has 1 atom stereocenters. The van der Waals surface area contributed by atoms with Crippen molar-refractivity contribution in [1.82, 2.24) is 4.90 Å². The van der Waals surface area contributed by atoms with E-state index < -0.39 is 4.92 Å². The second-order valence-electron chi connectivity index (χ2n) is 6.76. The molecule has 1 aliphatic heterocycles. The Balaban J connectivity index is 1.65. The van der Waals surface area contributed by atoms with Crippen molar-refractivity contribution >= 4 is 28.9 Å². The van der Waals surface area contributed by atoms with Crippen molar-refractivity contribution in [1.29, 1.82) is 0 Å². The number of hydrogen-bond donors (Lipinski definition) is 1. The minimum absolute atomic E-state index is 0.118. The monoisotopic (exact) mass is 403 g/mol. The van der Waals surface area contributed by atoms with E-state index in [1.807, 2.05) is 35.2 Å². The van der Waals surface area contributed by atoms with Crippen LogP contribution in [0.25, 0.3) is 0 Å². The van der Waals surface area contributed by atoms with Crippen molar-refractivity contribution in [3.63, 3.8) is 0 Å². The standard InChI is InChI=1S/C20H22ClN3O4/c21-18-11-16(24(26)27)8-9-19(18)22-20(25)14-23(13-17-7-4-10-28-17)12-15-5-2-1-3-6-15/h1-3,5-6,8-9,11,17H,4,7,10,12-14H2,(H,22,25). The summed E-state index contributed by atoms with van der Waals surface area (Å²) in [5.41, 5.74) is 1.35. The third-order valence-corrected chi connectivity index (χ3v) is 4.85. The van der Waals surface area contributed by atoms with E-state index in [1.165, 1.54) is 18.2 Å². The van der Waals surface area contributed by atoms with Crippen molar-refractivity contribution < 1.29 is 14.5 Å². The topological polar surface area (TPSA) is 84.7 Å². The molecule has 148 valence electrons. The molecule has 1 saturated heterocycles. The maximum absolute atomic E-state index is 12.6. The second-order valence-corrected chi connectivity index (χ2v) is 7.17. The summed E-state index contributed by atoms with van der Waals surface area (Å²) >= 11 is 6.07. The molecule has 1 unspecified atom stereocenters. The van der Waals surface area contributed by atoms with E-state index in [2.05, 4.69) is 5.32 Å². The fourth-order valence-electron chi connectivity index (χ4n) is 3.21. The van der Waals surface area contributed by atoms with Gasteiger partial charge in [0.1, 0.15) is 0 Å². The van der Waals surface area contributed by atoms with E-state index in [0.717, 1.165) is 25.0 Å². The quantitative estimate of drug-likeness (QED) is 0.534. The molecule has 0 spiro atoms. The maximum Gasteiger partial charge on any atom is 0.271 e. The average molecular weight is 404 g/mol. The highest BCUT2D eigenvalue weighted by Gasteiger charge is 2.21. The van der Waals surface area contributed by atoms with Crippen LogP contribution in [-0.2, 0) is 16.1 Å². The molecule has 28 heavy (non-hydrogen) atoms. The molecule has 7 nitrogen and oxygen atoms in total. The molecule has 1 aliphatic rings. The highest BCUT2D eigenvalue weighted by molar-refractivity contribution is 6.34. The number of nitro groups is 1. The van der Waals surface area contributed by atoms with Crippen LogP contribution in [0.5, 0.6) is 0 Å². The van der Waals surface area contributed by atoms with Crippen LogP contribution < -0.4 is 5.32 Å². The zero-order valence-corrected chi connectivity index (χ0v) is 16.1. The lowest BCUT2D eigenvalue weighted by molar-refractivity contribution is -0.384. The number of rotatable bonds is 8. The number of halogens is 1. The number of nitrogens with one attached hydrogen (secondary N) is 1. The first kappa shape index (κ1) is 20.3. The van der Waals surface area contributed by atoms with Gasteiger partial charge < -0.3 is 10.1 Å². The molecule has 0 bridgehead atoms. The molecular formula is C20H22ClN3O4. The lowest BCUT2D eigenvalue weighted by Gasteiger charge is -2.25. The minimum Gasteiger partial charge on any atom is -0.377 e. The van der Waals surface area contributed by atoms with E-state index in [4.69, 9.17) is 16.3 Å². The van der Waals surface area contributed by atoms with Gasteiger partial charge in [0.2, 0.25) is 5.91 Å². The molecule has 2 aromatic carbocycles. The van der Waals surface area contributed by atoms with Crippen molar-refractivity contribution in [2.45, 2.75) is 25.5 Å². The van der Waals surface area contributed by atoms with E-state index >= 15 is 0 Å². The van der Waals surface area contributed by atoms with Gasteiger partial charge in [-0.05, 0) is 24.5 Å². The third kappa shape index (κ3) is 5.76. The van der Waals surface area contributed by atoms with Crippen molar-refractivity contribution in [3.8, 4) is 0 Å². The smallest absolute Gasteiger partial charge is 0.271 e.